The minimum atomic E-state index is 0.820. The summed E-state index contributed by atoms with van der Waals surface area (Å²) in [5.74, 6) is 2.48. The van der Waals surface area contributed by atoms with Crippen LogP contribution in [0.4, 0.5) is 11.5 Å². The minimum absolute atomic E-state index is 0.820. The first-order valence-electron chi connectivity index (χ1n) is 8.24. The average molecular weight is 326 g/mol. The first-order valence-corrected chi connectivity index (χ1v) is 8.24. The zero-order chi connectivity index (χ0) is 17.1. The van der Waals surface area contributed by atoms with Crippen LogP contribution in [-0.4, -0.2) is 4.98 Å². The Kier molecular flexibility index (Phi) is 4.05. The van der Waals surface area contributed by atoms with Gasteiger partial charge in [-0.05, 0) is 61.0 Å². The Balaban J connectivity index is 1.56. The van der Waals surface area contributed by atoms with Gasteiger partial charge in [0.05, 0.1) is 5.52 Å². The molecule has 0 saturated heterocycles. The number of aryl methyl sites for hydroxylation is 1. The molecule has 0 atom stereocenters. The molecule has 0 aliphatic carbocycles. The van der Waals surface area contributed by atoms with E-state index in [4.69, 9.17) is 4.74 Å². The Morgan fingerprint density at radius 1 is 0.760 bits per heavy atom. The van der Waals surface area contributed by atoms with E-state index in [0.29, 0.717) is 0 Å². The molecule has 1 heterocycles. The number of pyridine rings is 1. The molecule has 4 aromatic rings. The number of hydrogen-bond acceptors (Lipinski definition) is 3. The maximum absolute atomic E-state index is 5.88. The van der Waals surface area contributed by atoms with Crippen molar-refractivity contribution >= 4 is 22.4 Å². The third kappa shape index (κ3) is 3.45. The number of ether oxygens (including phenoxy) is 1. The van der Waals surface area contributed by atoms with Crippen LogP contribution in [0.25, 0.3) is 10.9 Å². The van der Waals surface area contributed by atoms with Gasteiger partial charge in [0, 0.05) is 11.1 Å². The third-order valence-corrected chi connectivity index (χ3v) is 4.04. The van der Waals surface area contributed by atoms with Crippen molar-refractivity contribution in [2.24, 2.45) is 0 Å². The minimum Gasteiger partial charge on any atom is -0.457 e. The summed E-state index contributed by atoms with van der Waals surface area (Å²) in [6, 6.07) is 28.0. The fraction of sp³-hybridized carbons (Fsp3) is 0.0455. The molecule has 3 heteroatoms. The van der Waals surface area contributed by atoms with Crippen LogP contribution in [0.5, 0.6) is 11.5 Å². The highest BCUT2D eigenvalue weighted by Crippen LogP contribution is 2.28. The molecule has 0 spiro atoms. The van der Waals surface area contributed by atoms with Crippen molar-refractivity contribution in [2.45, 2.75) is 6.92 Å². The zero-order valence-electron chi connectivity index (χ0n) is 13.9. The van der Waals surface area contributed by atoms with Crippen LogP contribution < -0.4 is 10.1 Å². The third-order valence-electron chi connectivity index (χ3n) is 4.04. The van der Waals surface area contributed by atoms with E-state index in [1.807, 2.05) is 72.8 Å². The summed E-state index contributed by atoms with van der Waals surface area (Å²) in [6.45, 7) is 2.06. The van der Waals surface area contributed by atoms with Crippen LogP contribution in [0.3, 0.4) is 0 Å². The predicted octanol–water partition coefficient (Wildman–Crippen LogP) is 6.08. The van der Waals surface area contributed by atoms with E-state index in [2.05, 4.69) is 29.4 Å². The van der Waals surface area contributed by atoms with Crippen LogP contribution in [0.2, 0.25) is 0 Å². The molecule has 3 aromatic carbocycles. The van der Waals surface area contributed by atoms with Gasteiger partial charge in [0.15, 0.2) is 0 Å². The quantitative estimate of drug-likeness (QED) is 0.493. The molecule has 122 valence electrons. The number of anilines is 2. The lowest BCUT2D eigenvalue weighted by atomic mass is 10.2. The lowest BCUT2D eigenvalue weighted by Crippen LogP contribution is -1.96. The van der Waals surface area contributed by atoms with E-state index in [9.17, 15) is 0 Å². The average Bonchev–Trinajstić information content (AvgIpc) is 2.65. The lowest BCUT2D eigenvalue weighted by Gasteiger charge is -2.12. The molecule has 1 N–H and O–H groups in total. The molecular weight excluding hydrogens is 308 g/mol. The van der Waals surface area contributed by atoms with Crippen molar-refractivity contribution < 1.29 is 4.74 Å². The molecule has 0 aliphatic heterocycles. The second-order valence-corrected chi connectivity index (χ2v) is 5.91. The van der Waals surface area contributed by atoms with Crippen LogP contribution in [0, 0.1) is 6.92 Å². The van der Waals surface area contributed by atoms with E-state index in [1.54, 1.807) is 0 Å². The Hall–Kier alpha value is -3.33. The molecule has 0 amide bonds. The lowest BCUT2D eigenvalue weighted by molar-refractivity contribution is 0.482. The SMILES string of the molecule is Cc1cc(Oc2ccccc2)ccc1Nc1ccc2ccccc2n1. The molecule has 0 radical (unpaired) electrons. The Morgan fingerprint density at radius 3 is 2.40 bits per heavy atom. The highest BCUT2D eigenvalue weighted by molar-refractivity contribution is 5.80. The van der Waals surface area contributed by atoms with Crippen LogP contribution >= 0.6 is 0 Å². The number of nitrogens with one attached hydrogen (secondary N) is 1. The van der Waals surface area contributed by atoms with Gasteiger partial charge in [-0.2, -0.15) is 0 Å². The van der Waals surface area contributed by atoms with Crippen molar-refractivity contribution in [2.75, 3.05) is 5.32 Å². The number of nitrogens with zero attached hydrogens (tertiary/aromatic N) is 1. The normalized spacial score (nSPS) is 10.6. The van der Waals surface area contributed by atoms with Crippen LogP contribution in [0.15, 0.2) is 84.9 Å². The maximum atomic E-state index is 5.88. The molecule has 3 nitrogen and oxygen atoms in total. The molecule has 25 heavy (non-hydrogen) atoms. The van der Waals surface area contributed by atoms with Gasteiger partial charge in [0.2, 0.25) is 0 Å². The van der Waals surface area contributed by atoms with Crippen molar-refractivity contribution in [1.82, 2.24) is 4.98 Å². The standard InChI is InChI=1S/C22H18N2O/c1-16-15-19(25-18-8-3-2-4-9-18)12-13-20(16)23-22-14-11-17-7-5-6-10-21(17)24-22/h2-15H,1H3,(H,23,24). The molecule has 0 saturated carbocycles. The van der Waals surface area contributed by atoms with Gasteiger partial charge in [-0.3, -0.25) is 0 Å². The van der Waals surface area contributed by atoms with Crippen LogP contribution in [0.1, 0.15) is 5.56 Å². The van der Waals surface area contributed by atoms with Gasteiger partial charge >= 0.3 is 0 Å². The maximum Gasteiger partial charge on any atom is 0.131 e. The van der Waals surface area contributed by atoms with Crippen molar-refractivity contribution in [3.8, 4) is 11.5 Å². The first kappa shape index (κ1) is 15.2. The molecule has 0 bridgehead atoms. The molecular formula is C22H18N2O. The van der Waals surface area contributed by atoms with Gasteiger partial charge in [0.25, 0.3) is 0 Å². The monoisotopic (exact) mass is 326 g/mol. The number of para-hydroxylation sites is 2. The molecule has 0 unspecified atom stereocenters. The fourth-order valence-electron chi connectivity index (χ4n) is 2.74. The highest BCUT2D eigenvalue weighted by atomic mass is 16.5. The Labute approximate surface area is 146 Å². The summed E-state index contributed by atoms with van der Waals surface area (Å²) < 4.78 is 5.88. The van der Waals surface area contributed by atoms with E-state index >= 15 is 0 Å². The van der Waals surface area contributed by atoms with E-state index in [-0.39, 0.29) is 0 Å². The second-order valence-electron chi connectivity index (χ2n) is 5.91. The molecule has 1 aromatic heterocycles. The summed E-state index contributed by atoms with van der Waals surface area (Å²) >= 11 is 0. The largest absolute Gasteiger partial charge is 0.457 e. The summed E-state index contributed by atoms with van der Waals surface area (Å²) in [5.41, 5.74) is 3.10. The van der Waals surface area contributed by atoms with Gasteiger partial charge in [0.1, 0.15) is 17.3 Å². The zero-order valence-corrected chi connectivity index (χ0v) is 13.9. The first-order chi connectivity index (χ1) is 12.3. The second kappa shape index (κ2) is 6.65. The number of aromatic nitrogens is 1. The van der Waals surface area contributed by atoms with E-state index < -0.39 is 0 Å². The molecule has 4 rings (SSSR count). The van der Waals surface area contributed by atoms with Crippen molar-refractivity contribution in [1.29, 1.82) is 0 Å². The molecule has 0 aliphatic rings. The van der Waals surface area contributed by atoms with E-state index in [0.717, 1.165) is 39.5 Å². The van der Waals surface area contributed by atoms with Crippen molar-refractivity contribution in [3.05, 3.63) is 90.5 Å². The van der Waals surface area contributed by atoms with Gasteiger partial charge in [-0.1, -0.05) is 36.4 Å². The Bertz CT molecular complexity index is 1010. The smallest absolute Gasteiger partial charge is 0.131 e. The fourth-order valence-corrected chi connectivity index (χ4v) is 2.74. The Morgan fingerprint density at radius 2 is 1.56 bits per heavy atom. The predicted molar refractivity (Wildman–Crippen MR) is 103 cm³/mol. The van der Waals surface area contributed by atoms with Gasteiger partial charge in [-0.25, -0.2) is 4.98 Å². The number of fused-ring (bicyclic) bond motifs is 1. The number of rotatable bonds is 4. The topological polar surface area (TPSA) is 34.1 Å². The van der Waals surface area contributed by atoms with E-state index in [1.165, 1.54) is 0 Å². The number of hydrogen-bond donors (Lipinski definition) is 1. The van der Waals surface area contributed by atoms with Crippen LogP contribution in [-0.2, 0) is 0 Å². The molecule has 0 fully saturated rings. The highest BCUT2D eigenvalue weighted by Gasteiger charge is 2.04. The summed E-state index contributed by atoms with van der Waals surface area (Å²) in [4.78, 5) is 4.66. The van der Waals surface area contributed by atoms with Crippen molar-refractivity contribution in [3.63, 3.8) is 0 Å². The van der Waals surface area contributed by atoms with Gasteiger partial charge < -0.3 is 10.1 Å². The summed E-state index contributed by atoms with van der Waals surface area (Å²) in [6.07, 6.45) is 0. The summed E-state index contributed by atoms with van der Waals surface area (Å²) in [7, 11) is 0. The number of benzene rings is 3. The van der Waals surface area contributed by atoms with Gasteiger partial charge in [-0.15, -0.1) is 0 Å². The summed E-state index contributed by atoms with van der Waals surface area (Å²) in [5, 5.41) is 4.52.